The number of carbonyl (C=O) groups excluding carboxylic acids is 1. The molecule has 1 N–H and O–H groups in total. The van der Waals surface area contributed by atoms with Gasteiger partial charge in [-0.25, -0.2) is 0 Å². The Morgan fingerprint density at radius 2 is 2.21 bits per heavy atom. The van der Waals surface area contributed by atoms with Crippen LogP contribution in [0.5, 0.6) is 0 Å². The molecule has 1 atom stereocenters. The Bertz CT molecular complexity index is 627. The molecule has 2 rings (SSSR count). The summed E-state index contributed by atoms with van der Waals surface area (Å²) in [4.78, 5) is 20.5. The van der Waals surface area contributed by atoms with Crippen LogP contribution in [0.4, 0.5) is 0 Å². The molecule has 0 bridgehead atoms. The smallest absolute Gasteiger partial charge is 0.254 e. The standard InChI is InChI=1S/C14H14N4O/c1-2-4-10(9-15)18-14(19)11-5-3-6-12-13(11)17-8-7-16-12/h3,5-8,10H,2,4H2,1H3,(H,18,19). The number of nitrogens with zero attached hydrogens (tertiary/aromatic N) is 3. The van der Waals surface area contributed by atoms with Crippen molar-refractivity contribution in [3.05, 3.63) is 36.2 Å². The largest absolute Gasteiger partial charge is 0.336 e. The molecule has 1 amide bonds. The van der Waals surface area contributed by atoms with Crippen molar-refractivity contribution in [3.8, 4) is 6.07 Å². The number of fused-ring (bicyclic) bond motifs is 1. The van der Waals surface area contributed by atoms with E-state index in [1.165, 1.54) is 0 Å². The third-order valence-electron chi connectivity index (χ3n) is 2.78. The minimum atomic E-state index is -0.468. The molecule has 0 aliphatic heterocycles. The molecule has 1 unspecified atom stereocenters. The van der Waals surface area contributed by atoms with E-state index in [0.29, 0.717) is 23.0 Å². The lowest BCUT2D eigenvalue weighted by atomic mass is 10.1. The third kappa shape index (κ3) is 2.86. The lowest BCUT2D eigenvalue weighted by Crippen LogP contribution is -2.33. The highest BCUT2D eigenvalue weighted by molar-refractivity contribution is 6.04. The van der Waals surface area contributed by atoms with E-state index in [1.807, 2.05) is 6.92 Å². The molecule has 1 aromatic heterocycles. The zero-order valence-electron chi connectivity index (χ0n) is 10.6. The van der Waals surface area contributed by atoms with E-state index >= 15 is 0 Å². The van der Waals surface area contributed by atoms with E-state index < -0.39 is 6.04 Å². The van der Waals surface area contributed by atoms with Gasteiger partial charge in [0.05, 0.1) is 17.1 Å². The highest BCUT2D eigenvalue weighted by atomic mass is 16.1. The van der Waals surface area contributed by atoms with E-state index in [0.717, 1.165) is 6.42 Å². The first-order valence-electron chi connectivity index (χ1n) is 6.16. The van der Waals surface area contributed by atoms with Gasteiger partial charge in [-0.2, -0.15) is 5.26 Å². The summed E-state index contributed by atoms with van der Waals surface area (Å²) < 4.78 is 0. The summed E-state index contributed by atoms with van der Waals surface area (Å²) in [7, 11) is 0. The summed E-state index contributed by atoms with van der Waals surface area (Å²) >= 11 is 0. The monoisotopic (exact) mass is 254 g/mol. The zero-order valence-corrected chi connectivity index (χ0v) is 10.6. The van der Waals surface area contributed by atoms with Gasteiger partial charge in [-0.3, -0.25) is 14.8 Å². The molecule has 19 heavy (non-hydrogen) atoms. The van der Waals surface area contributed by atoms with Crippen molar-refractivity contribution in [3.63, 3.8) is 0 Å². The molecule has 1 heterocycles. The van der Waals surface area contributed by atoms with Crippen LogP contribution in [0.1, 0.15) is 30.1 Å². The van der Waals surface area contributed by atoms with Crippen LogP contribution >= 0.6 is 0 Å². The Morgan fingerprint density at radius 3 is 2.95 bits per heavy atom. The minimum absolute atomic E-state index is 0.286. The molecule has 96 valence electrons. The lowest BCUT2D eigenvalue weighted by molar-refractivity contribution is 0.0945. The second-order valence-electron chi connectivity index (χ2n) is 4.17. The van der Waals surface area contributed by atoms with Gasteiger partial charge in [-0.1, -0.05) is 19.4 Å². The fourth-order valence-corrected chi connectivity index (χ4v) is 1.87. The second-order valence-corrected chi connectivity index (χ2v) is 4.17. The second kappa shape index (κ2) is 5.91. The summed E-state index contributed by atoms with van der Waals surface area (Å²) in [5.41, 5.74) is 1.66. The van der Waals surface area contributed by atoms with Crippen molar-refractivity contribution in [2.75, 3.05) is 0 Å². The topological polar surface area (TPSA) is 78.7 Å². The molecular weight excluding hydrogens is 240 g/mol. The number of nitrogens with one attached hydrogen (secondary N) is 1. The van der Waals surface area contributed by atoms with Crippen molar-refractivity contribution in [1.82, 2.24) is 15.3 Å². The number of hydrogen-bond donors (Lipinski definition) is 1. The third-order valence-corrected chi connectivity index (χ3v) is 2.78. The fourth-order valence-electron chi connectivity index (χ4n) is 1.87. The van der Waals surface area contributed by atoms with E-state index in [4.69, 9.17) is 5.26 Å². The molecule has 0 aliphatic rings. The number of hydrogen-bond acceptors (Lipinski definition) is 4. The summed E-state index contributed by atoms with van der Waals surface area (Å²) in [5, 5.41) is 11.7. The maximum atomic E-state index is 12.2. The number of para-hydroxylation sites is 1. The molecule has 0 aliphatic carbocycles. The molecule has 1 aromatic carbocycles. The normalized spacial score (nSPS) is 11.8. The Hall–Kier alpha value is -2.48. The highest BCUT2D eigenvalue weighted by Gasteiger charge is 2.15. The Labute approximate surface area is 111 Å². The summed E-state index contributed by atoms with van der Waals surface area (Å²) in [5.74, 6) is -0.286. The summed E-state index contributed by atoms with van der Waals surface area (Å²) in [6.07, 6.45) is 4.61. The maximum absolute atomic E-state index is 12.2. The van der Waals surface area contributed by atoms with Crippen molar-refractivity contribution < 1.29 is 4.79 Å². The first-order chi connectivity index (χ1) is 9.26. The summed E-state index contributed by atoms with van der Waals surface area (Å²) in [6.45, 7) is 1.97. The van der Waals surface area contributed by atoms with Crippen LogP contribution in [0.2, 0.25) is 0 Å². The average Bonchev–Trinajstić information content (AvgIpc) is 2.46. The van der Waals surface area contributed by atoms with Gasteiger partial charge < -0.3 is 5.32 Å². The zero-order chi connectivity index (χ0) is 13.7. The molecule has 2 aromatic rings. The first kappa shape index (κ1) is 13.0. The predicted octanol–water partition coefficient (Wildman–Crippen LogP) is 2.05. The number of amides is 1. The molecule has 5 nitrogen and oxygen atoms in total. The number of carbonyl (C=O) groups is 1. The molecule has 5 heteroatoms. The molecule has 0 saturated carbocycles. The van der Waals surface area contributed by atoms with E-state index in [2.05, 4.69) is 21.4 Å². The molecule has 0 spiro atoms. The van der Waals surface area contributed by atoms with E-state index in [9.17, 15) is 4.79 Å². The van der Waals surface area contributed by atoms with Crippen LogP contribution in [0.25, 0.3) is 11.0 Å². The Kier molecular flexibility index (Phi) is 4.04. The predicted molar refractivity (Wildman–Crippen MR) is 71.3 cm³/mol. The number of rotatable bonds is 4. The SMILES string of the molecule is CCCC(C#N)NC(=O)c1cccc2nccnc12. The Morgan fingerprint density at radius 1 is 1.42 bits per heavy atom. The first-order valence-corrected chi connectivity index (χ1v) is 6.16. The van der Waals surface area contributed by atoms with Gasteiger partial charge in [0.2, 0.25) is 0 Å². The maximum Gasteiger partial charge on any atom is 0.254 e. The van der Waals surface area contributed by atoms with Crippen LogP contribution in [0.15, 0.2) is 30.6 Å². The summed E-state index contributed by atoms with van der Waals surface area (Å²) in [6, 6.07) is 6.86. The minimum Gasteiger partial charge on any atom is -0.336 e. The van der Waals surface area contributed by atoms with Gasteiger partial charge in [0.25, 0.3) is 5.91 Å². The van der Waals surface area contributed by atoms with Crippen LogP contribution in [-0.2, 0) is 0 Å². The molecule has 0 radical (unpaired) electrons. The van der Waals surface area contributed by atoms with E-state index in [-0.39, 0.29) is 5.91 Å². The molecule has 0 saturated heterocycles. The van der Waals surface area contributed by atoms with E-state index in [1.54, 1.807) is 30.6 Å². The Balaban J connectivity index is 2.29. The van der Waals surface area contributed by atoms with Crippen molar-refractivity contribution >= 4 is 16.9 Å². The van der Waals surface area contributed by atoms with Gasteiger partial charge in [0.1, 0.15) is 11.6 Å². The van der Waals surface area contributed by atoms with Crippen LogP contribution < -0.4 is 5.32 Å². The fraction of sp³-hybridized carbons (Fsp3) is 0.286. The van der Waals surface area contributed by atoms with Gasteiger partial charge >= 0.3 is 0 Å². The van der Waals surface area contributed by atoms with Gasteiger partial charge in [-0.15, -0.1) is 0 Å². The van der Waals surface area contributed by atoms with Crippen molar-refractivity contribution in [1.29, 1.82) is 5.26 Å². The van der Waals surface area contributed by atoms with Crippen LogP contribution in [0, 0.1) is 11.3 Å². The van der Waals surface area contributed by atoms with Crippen LogP contribution in [-0.4, -0.2) is 21.9 Å². The van der Waals surface area contributed by atoms with Crippen molar-refractivity contribution in [2.24, 2.45) is 0 Å². The van der Waals surface area contributed by atoms with Gasteiger partial charge in [-0.05, 0) is 18.6 Å². The molecular formula is C14H14N4O. The number of nitriles is 1. The van der Waals surface area contributed by atoms with Crippen LogP contribution in [0.3, 0.4) is 0 Å². The van der Waals surface area contributed by atoms with Crippen molar-refractivity contribution in [2.45, 2.75) is 25.8 Å². The quantitative estimate of drug-likeness (QED) is 0.905. The van der Waals surface area contributed by atoms with Gasteiger partial charge in [0.15, 0.2) is 0 Å². The lowest BCUT2D eigenvalue weighted by Gasteiger charge is -2.11. The highest BCUT2D eigenvalue weighted by Crippen LogP contribution is 2.14. The number of aromatic nitrogens is 2. The molecule has 0 fully saturated rings. The average molecular weight is 254 g/mol. The van der Waals surface area contributed by atoms with Gasteiger partial charge in [0, 0.05) is 12.4 Å². The number of benzene rings is 1.